The van der Waals surface area contributed by atoms with Crippen LogP contribution in [0.15, 0.2) is 29.3 Å². The van der Waals surface area contributed by atoms with E-state index in [0.29, 0.717) is 11.6 Å². The van der Waals surface area contributed by atoms with Gasteiger partial charge in [0.1, 0.15) is 11.3 Å². The summed E-state index contributed by atoms with van der Waals surface area (Å²) >= 11 is 5.94. The van der Waals surface area contributed by atoms with Crippen molar-refractivity contribution in [3.63, 3.8) is 0 Å². The summed E-state index contributed by atoms with van der Waals surface area (Å²) in [5.74, 6) is -1.88. The molecule has 1 aliphatic carbocycles. The van der Waals surface area contributed by atoms with E-state index < -0.39 is 22.7 Å². The van der Waals surface area contributed by atoms with Crippen LogP contribution in [0, 0.1) is 33.5 Å². The van der Waals surface area contributed by atoms with Gasteiger partial charge in [0.15, 0.2) is 5.41 Å². The second kappa shape index (κ2) is 4.24. The van der Waals surface area contributed by atoms with Gasteiger partial charge in [-0.1, -0.05) is 23.7 Å². The van der Waals surface area contributed by atoms with Crippen molar-refractivity contribution in [2.75, 3.05) is 6.61 Å². The predicted molar refractivity (Wildman–Crippen MR) is 81.1 cm³/mol. The Balaban J connectivity index is 1.91. The minimum atomic E-state index is -1.51. The van der Waals surface area contributed by atoms with E-state index in [2.05, 4.69) is 17.1 Å². The lowest BCUT2D eigenvalue weighted by atomic mass is 9.94. The number of fused-ring (bicyclic) bond motifs is 2. The summed E-state index contributed by atoms with van der Waals surface area (Å²) < 4.78 is 11.6. The lowest BCUT2D eigenvalue weighted by Gasteiger charge is -2.26. The van der Waals surface area contributed by atoms with Crippen LogP contribution >= 0.6 is 11.6 Å². The molecule has 2 N–H and O–H groups in total. The van der Waals surface area contributed by atoms with E-state index in [0.717, 1.165) is 5.56 Å². The zero-order valence-electron chi connectivity index (χ0n) is 12.3. The monoisotopic (exact) mass is 328 g/mol. The number of rotatable bonds is 1. The number of hydrogen-bond donors (Lipinski definition) is 1. The van der Waals surface area contributed by atoms with Crippen molar-refractivity contribution in [1.29, 1.82) is 10.5 Å². The van der Waals surface area contributed by atoms with Crippen molar-refractivity contribution in [1.82, 2.24) is 0 Å². The molecule has 1 aromatic rings. The Hall–Kier alpha value is -2.12. The van der Waals surface area contributed by atoms with Crippen LogP contribution in [0.2, 0.25) is 5.02 Å². The number of nitriles is 2. The zero-order chi connectivity index (χ0) is 16.5. The van der Waals surface area contributed by atoms with Crippen molar-refractivity contribution in [3.8, 4) is 12.1 Å². The van der Waals surface area contributed by atoms with Crippen LogP contribution in [0.25, 0.3) is 0 Å². The van der Waals surface area contributed by atoms with Gasteiger partial charge >= 0.3 is 0 Å². The van der Waals surface area contributed by atoms with Crippen molar-refractivity contribution in [3.05, 3.63) is 34.9 Å². The van der Waals surface area contributed by atoms with Crippen molar-refractivity contribution in [2.45, 2.75) is 24.9 Å². The minimum absolute atomic E-state index is 0.0931. The number of amidine groups is 1. The normalized spacial score (nSPS) is 43.6. The molecule has 7 heteroatoms. The first-order valence-electron chi connectivity index (χ1n) is 7.23. The Bertz CT molecular complexity index is 811. The molecule has 1 saturated carbocycles. The molecule has 2 fully saturated rings. The quantitative estimate of drug-likeness (QED) is 0.848. The fraction of sp³-hybridized carbons (Fsp3) is 0.438. The second-order valence-electron chi connectivity index (χ2n) is 6.14. The highest BCUT2D eigenvalue weighted by Crippen LogP contribution is 2.82. The van der Waals surface area contributed by atoms with Gasteiger partial charge in [-0.25, -0.2) is 4.99 Å². The first-order valence-corrected chi connectivity index (χ1v) is 7.61. The molecule has 0 unspecified atom stereocenters. The minimum Gasteiger partial charge on any atom is -0.386 e. The molecule has 4 rings (SSSR count). The summed E-state index contributed by atoms with van der Waals surface area (Å²) in [6, 6.07) is 11.5. The van der Waals surface area contributed by atoms with E-state index in [9.17, 15) is 10.5 Å². The maximum atomic E-state index is 9.96. The number of halogens is 1. The number of ether oxygens (including phenoxy) is 2. The van der Waals surface area contributed by atoms with Gasteiger partial charge in [0.05, 0.1) is 24.8 Å². The fourth-order valence-electron chi connectivity index (χ4n) is 4.02. The Morgan fingerprint density at radius 3 is 2.52 bits per heavy atom. The van der Waals surface area contributed by atoms with Gasteiger partial charge in [0, 0.05) is 10.9 Å². The maximum absolute atomic E-state index is 9.96. The highest BCUT2D eigenvalue weighted by atomic mass is 35.5. The van der Waals surface area contributed by atoms with Crippen LogP contribution in [-0.2, 0) is 9.47 Å². The first kappa shape index (κ1) is 14.5. The molecule has 1 saturated heterocycles. The van der Waals surface area contributed by atoms with Crippen LogP contribution in [0.5, 0.6) is 0 Å². The molecule has 23 heavy (non-hydrogen) atoms. The van der Waals surface area contributed by atoms with E-state index >= 15 is 0 Å². The molecular weight excluding hydrogens is 316 g/mol. The van der Waals surface area contributed by atoms with Crippen LogP contribution in [0.4, 0.5) is 0 Å². The third-order valence-corrected chi connectivity index (χ3v) is 5.26. The fourth-order valence-corrected chi connectivity index (χ4v) is 4.14. The average Bonchev–Trinajstić information content (AvgIpc) is 2.92. The van der Waals surface area contributed by atoms with Gasteiger partial charge in [-0.15, -0.1) is 0 Å². The highest BCUT2D eigenvalue weighted by molar-refractivity contribution is 6.30. The van der Waals surface area contributed by atoms with Gasteiger partial charge in [0.25, 0.3) is 5.91 Å². The molecule has 3 aliphatic rings. The molecular formula is C16H13ClN4O2. The smallest absolute Gasteiger partial charge is 0.293 e. The largest absolute Gasteiger partial charge is 0.386 e. The van der Waals surface area contributed by atoms with Crippen LogP contribution in [0.3, 0.4) is 0 Å². The summed E-state index contributed by atoms with van der Waals surface area (Å²) in [6.07, 6.45) is -0.224. The molecule has 2 heterocycles. The summed E-state index contributed by atoms with van der Waals surface area (Å²) in [4.78, 5) is 4.26. The molecule has 0 bridgehead atoms. The zero-order valence-corrected chi connectivity index (χ0v) is 13.0. The third kappa shape index (κ3) is 1.38. The SMILES string of the molecule is C[C@H]1CO[C@]2(N=C(N)[C@@]3(C#N)[C@@H](c4ccc(Cl)cc4)[C@@]23C#N)O1. The molecule has 1 aromatic carbocycles. The van der Waals surface area contributed by atoms with Gasteiger partial charge < -0.3 is 15.2 Å². The predicted octanol–water partition coefficient (Wildman–Crippen LogP) is 1.92. The number of aliphatic imine (C=N–C) groups is 1. The van der Waals surface area contributed by atoms with Crippen molar-refractivity contribution >= 4 is 17.4 Å². The van der Waals surface area contributed by atoms with Gasteiger partial charge in [-0.05, 0) is 24.6 Å². The van der Waals surface area contributed by atoms with E-state index in [1.807, 2.05) is 6.92 Å². The molecule has 6 nitrogen and oxygen atoms in total. The van der Waals surface area contributed by atoms with Gasteiger partial charge in [-0.2, -0.15) is 10.5 Å². The number of nitrogens with two attached hydrogens (primary N) is 1. The molecule has 5 atom stereocenters. The molecule has 0 aromatic heterocycles. The number of benzene rings is 1. The molecule has 0 amide bonds. The van der Waals surface area contributed by atoms with Crippen molar-refractivity contribution < 1.29 is 9.47 Å². The van der Waals surface area contributed by atoms with E-state index in [1.165, 1.54) is 0 Å². The Morgan fingerprint density at radius 1 is 1.30 bits per heavy atom. The summed E-state index contributed by atoms with van der Waals surface area (Å²) in [5.41, 5.74) is 4.35. The summed E-state index contributed by atoms with van der Waals surface area (Å²) in [5, 5.41) is 20.4. The lowest BCUT2D eigenvalue weighted by Crippen LogP contribution is -2.39. The van der Waals surface area contributed by atoms with E-state index in [-0.39, 0.29) is 11.9 Å². The van der Waals surface area contributed by atoms with Crippen LogP contribution in [0.1, 0.15) is 18.4 Å². The topological polar surface area (TPSA) is 104 Å². The lowest BCUT2D eigenvalue weighted by molar-refractivity contribution is -0.193. The number of nitrogens with zero attached hydrogens (tertiary/aromatic N) is 3. The average molecular weight is 329 g/mol. The second-order valence-corrected chi connectivity index (χ2v) is 6.58. The summed E-state index contributed by atoms with van der Waals surface area (Å²) in [7, 11) is 0. The van der Waals surface area contributed by atoms with Crippen molar-refractivity contribution in [2.24, 2.45) is 21.6 Å². The molecule has 116 valence electrons. The standard InChI is InChI=1S/C16H13ClN4O2/c1-9-6-22-16(23-9)15(8-19)12(10-2-4-11(17)5-3-10)14(15,7-18)13(20)21-16/h2-5,9,12H,6H2,1H3,(H2,20,21)/t9-,12+,14+,15+,16-/m0/s1. The molecule has 2 aliphatic heterocycles. The van der Waals surface area contributed by atoms with Gasteiger partial charge in [0.2, 0.25) is 0 Å². The molecule has 1 spiro atoms. The molecule has 0 radical (unpaired) electrons. The Morgan fingerprint density at radius 2 is 2.00 bits per heavy atom. The number of hydrogen-bond acceptors (Lipinski definition) is 6. The van der Waals surface area contributed by atoms with Gasteiger partial charge in [-0.3, -0.25) is 0 Å². The first-order chi connectivity index (χ1) is 11.0. The van der Waals surface area contributed by atoms with E-state index in [4.69, 9.17) is 26.8 Å². The van der Waals surface area contributed by atoms with E-state index in [1.54, 1.807) is 24.3 Å². The third-order valence-electron chi connectivity index (χ3n) is 5.01. The Kier molecular flexibility index (Phi) is 2.67. The van der Waals surface area contributed by atoms with Crippen LogP contribution < -0.4 is 5.73 Å². The summed E-state index contributed by atoms with van der Waals surface area (Å²) in [6.45, 7) is 2.13. The maximum Gasteiger partial charge on any atom is 0.293 e. The Labute approximate surface area is 138 Å². The van der Waals surface area contributed by atoms with Crippen LogP contribution in [-0.4, -0.2) is 24.5 Å². The highest BCUT2D eigenvalue weighted by Gasteiger charge is 2.94.